The van der Waals surface area contributed by atoms with Crippen LogP contribution in [0.15, 0.2) is 0 Å². The van der Waals surface area contributed by atoms with Gasteiger partial charge in [0.25, 0.3) is 0 Å². The number of rotatable bonds is 9. The molecule has 14 heavy (non-hydrogen) atoms. The van der Waals surface area contributed by atoms with E-state index < -0.39 is 0 Å². The van der Waals surface area contributed by atoms with E-state index in [4.69, 9.17) is 0 Å². The average molecular weight is 200 g/mol. The average Bonchev–Trinajstić information content (AvgIpc) is 2.17. The van der Waals surface area contributed by atoms with Crippen LogP contribution in [0.3, 0.4) is 0 Å². The van der Waals surface area contributed by atoms with Crippen LogP contribution in [-0.2, 0) is 0 Å². The van der Waals surface area contributed by atoms with Gasteiger partial charge in [-0.15, -0.1) is 0 Å². The zero-order valence-electron chi connectivity index (χ0n) is 10.5. The fraction of sp³-hybridized carbons (Fsp3) is 1.00. The van der Waals surface area contributed by atoms with Crippen molar-refractivity contribution in [1.82, 2.24) is 10.2 Å². The van der Waals surface area contributed by atoms with Crippen LogP contribution in [0.5, 0.6) is 0 Å². The van der Waals surface area contributed by atoms with Crippen molar-refractivity contribution in [2.24, 2.45) is 0 Å². The van der Waals surface area contributed by atoms with Crippen molar-refractivity contribution in [1.29, 1.82) is 0 Å². The van der Waals surface area contributed by atoms with Gasteiger partial charge in [-0.2, -0.15) is 0 Å². The molecule has 0 fully saturated rings. The molecule has 0 aliphatic carbocycles. The molecule has 0 aromatic rings. The Morgan fingerprint density at radius 1 is 1.14 bits per heavy atom. The second-order valence-electron chi connectivity index (χ2n) is 4.22. The first-order valence-electron chi connectivity index (χ1n) is 6.13. The number of likely N-dealkylation sites (N-methyl/N-ethyl adjacent to an activating group) is 1. The smallest absolute Gasteiger partial charge is 0.0107 e. The van der Waals surface area contributed by atoms with Gasteiger partial charge in [0.05, 0.1) is 0 Å². The molecule has 0 aromatic carbocycles. The summed E-state index contributed by atoms with van der Waals surface area (Å²) in [7, 11) is 2.22. The van der Waals surface area contributed by atoms with Gasteiger partial charge in [0.1, 0.15) is 0 Å². The highest BCUT2D eigenvalue weighted by atomic mass is 15.1. The molecule has 0 aliphatic rings. The van der Waals surface area contributed by atoms with Crippen LogP contribution in [0.1, 0.15) is 46.5 Å². The van der Waals surface area contributed by atoms with Gasteiger partial charge in [0.2, 0.25) is 0 Å². The minimum absolute atomic E-state index is 0.730. The van der Waals surface area contributed by atoms with E-state index in [2.05, 4.69) is 38.0 Å². The quantitative estimate of drug-likeness (QED) is 0.575. The fourth-order valence-corrected chi connectivity index (χ4v) is 1.54. The van der Waals surface area contributed by atoms with E-state index in [1.54, 1.807) is 0 Å². The first-order valence-corrected chi connectivity index (χ1v) is 6.13. The molecule has 1 unspecified atom stereocenters. The van der Waals surface area contributed by atoms with Crippen molar-refractivity contribution < 1.29 is 0 Å². The molecule has 0 radical (unpaired) electrons. The molecule has 2 heteroatoms. The maximum absolute atomic E-state index is 3.47. The van der Waals surface area contributed by atoms with Gasteiger partial charge in [-0.25, -0.2) is 0 Å². The van der Waals surface area contributed by atoms with Gasteiger partial charge in [0.15, 0.2) is 0 Å². The van der Waals surface area contributed by atoms with Crippen molar-refractivity contribution >= 4 is 0 Å². The molecule has 0 bridgehead atoms. The van der Waals surface area contributed by atoms with E-state index in [0.717, 1.165) is 12.6 Å². The molecule has 0 heterocycles. The van der Waals surface area contributed by atoms with Gasteiger partial charge in [-0.05, 0) is 33.4 Å². The topological polar surface area (TPSA) is 15.3 Å². The standard InChI is InChI=1S/C12H28N2/c1-5-7-9-13-10-11-14(4)12(3)8-6-2/h12-13H,5-11H2,1-4H3. The molecule has 0 rings (SSSR count). The third-order valence-corrected chi connectivity index (χ3v) is 2.81. The highest BCUT2D eigenvalue weighted by Crippen LogP contribution is 2.02. The molecule has 0 amide bonds. The minimum Gasteiger partial charge on any atom is -0.315 e. The fourth-order valence-electron chi connectivity index (χ4n) is 1.54. The maximum atomic E-state index is 3.47. The Balaban J connectivity index is 3.29. The first kappa shape index (κ1) is 13.9. The molecule has 1 atom stereocenters. The summed E-state index contributed by atoms with van der Waals surface area (Å²) in [5.74, 6) is 0. The van der Waals surface area contributed by atoms with Gasteiger partial charge in [-0.1, -0.05) is 26.7 Å². The lowest BCUT2D eigenvalue weighted by molar-refractivity contribution is 0.245. The van der Waals surface area contributed by atoms with Crippen LogP contribution in [0, 0.1) is 0 Å². The molecule has 0 saturated carbocycles. The second-order valence-corrected chi connectivity index (χ2v) is 4.22. The summed E-state index contributed by atoms with van der Waals surface area (Å²) in [6.45, 7) is 10.3. The Labute approximate surface area is 90.1 Å². The van der Waals surface area contributed by atoms with Crippen LogP contribution in [-0.4, -0.2) is 37.6 Å². The van der Waals surface area contributed by atoms with Crippen molar-refractivity contribution in [2.75, 3.05) is 26.7 Å². The van der Waals surface area contributed by atoms with Crippen molar-refractivity contribution in [3.8, 4) is 0 Å². The normalized spacial score (nSPS) is 13.5. The van der Waals surface area contributed by atoms with Crippen LogP contribution in [0.25, 0.3) is 0 Å². The van der Waals surface area contributed by atoms with Gasteiger partial charge >= 0.3 is 0 Å². The Bertz CT molecular complexity index is 115. The summed E-state index contributed by atoms with van der Waals surface area (Å²) >= 11 is 0. The Kier molecular flexibility index (Phi) is 9.42. The Morgan fingerprint density at radius 3 is 2.43 bits per heavy atom. The summed E-state index contributed by atoms with van der Waals surface area (Å²) in [6.07, 6.45) is 5.18. The van der Waals surface area contributed by atoms with E-state index >= 15 is 0 Å². The van der Waals surface area contributed by atoms with E-state index in [9.17, 15) is 0 Å². The van der Waals surface area contributed by atoms with Crippen molar-refractivity contribution in [3.63, 3.8) is 0 Å². The molecular formula is C12H28N2. The van der Waals surface area contributed by atoms with Gasteiger partial charge < -0.3 is 10.2 Å². The number of nitrogens with zero attached hydrogens (tertiary/aromatic N) is 1. The van der Waals surface area contributed by atoms with Crippen LogP contribution >= 0.6 is 0 Å². The van der Waals surface area contributed by atoms with Crippen LogP contribution in [0.4, 0.5) is 0 Å². The summed E-state index contributed by atoms with van der Waals surface area (Å²) in [4.78, 5) is 2.45. The minimum atomic E-state index is 0.730. The van der Waals surface area contributed by atoms with Crippen molar-refractivity contribution in [2.45, 2.75) is 52.5 Å². The predicted octanol–water partition coefficient (Wildman–Crippen LogP) is 2.50. The van der Waals surface area contributed by atoms with E-state index in [-0.39, 0.29) is 0 Å². The third kappa shape index (κ3) is 7.34. The first-order chi connectivity index (χ1) is 6.72. The Morgan fingerprint density at radius 2 is 1.86 bits per heavy atom. The zero-order chi connectivity index (χ0) is 10.8. The monoisotopic (exact) mass is 200 g/mol. The summed E-state index contributed by atoms with van der Waals surface area (Å²) < 4.78 is 0. The summed E-state index contributed by atoms with van der Waals surface area (Å²) in [6, 6.07) is 0.730. The van der Waals surface area contributed by atoms with Crippen LogP contribution < -0.4 is 5.32 Å². The number of hydrogen-bond acceptors (Lipinski definition) is 2. The third-order valence-electron chi connectivity index (χ3n) is 2.81. The predicted molar refractivity (Wildman–Crippen MR) is 64.8 cm³/mol. The van der Waals surface area contributed by atoms with E-state index in [1.807, 2.05) is 0 Å². The number of hydrogen-bond donors (Lipinski definition) is 1. The second kappa shape index (κ2) is 9.47. The summed E-state index contributed by atoms with van der Waals surface area (Å²) in [5.41, 5.74) is 0. The lowest BCUT2D eigenvalue weighted by Gasteiger charge is -2.24. The highest BCUT2D eigenvalue weighted by Gasteiger charge is 2.06. The molecule has 86 valence electrons. The molecule has 0 saturated heterocycles. The van der Waals surface area contributed by atoms with Gasteiger partial charge in [-0.3, -0.25) is 0 Å². The summed E-state index contributed by atoms with van der Waals surface area (Å²) in [5, 5.41) is 3.47. The molecule has 2 nitrogen and oxygen atoms in total. The molecule has 0 aromatic heterocycles. The molecule has 0 aliphatic heterocycles. The molecule has 1 N–H and O–H groups in total. The molecular weight excluding hydrogens is 172 g/mol. The zero-order valence-corrected chi connectivity index (χ0v) is 10.5. The Hall–Kier alpha value is -0.0800. The number of unbranched alkanes of at least 4 members (excludes halogenated alkanes) is 1. The van der Waals surface area contributed by atoms with Crippen LogP contribution in [0.2, 0.25) is 0 Å². The molecule has 0 spiro atoms. The van der Waals surface area contributed by atoms with Crippen molar-refractivity contribution in [3.05, 3.63) is 0 Å². The van der Waals surface area contributed by atoms with E-state index in [0.29, 0.717) is 0 Å². The van der Waals surface area contributed by atoms with Gasteiger partial charge in [0, 0.05) is 19.1 Å². The highest BCUT2D eigenvalue weighted by molar-refractivity contribution is 4.63. The number of nitrogens with one attached hydrogen (secondary N) is 1. The lowest BCUT2D eigenvalue weighted by Crippen LogP contribution is -2.35. The van der Waals surface area contributed by atoms with E-state index in [1.165, 1.54) is 38.8 Å². The largest absolute Gasteiger partial charge is 0.315 e. The maximum Gasteiger partial charge on any atom is 0.0107 e. The lowest BCUT2D eigenvalue weighted by atomic mass is 10.2. The SMILES string of the molecule is CCCCNCCN(C)C(C)CCC.